The zero-order valence-electron chi connectivity index (χ0n) is 14.9. The minimum absolute atomic E-state index is 0.994. The van der Waals surface area contributed by atoms with Crippen LogP contribution in [0, 0.1) is 11.8 Å². The minimum atomic E-state index is 0.994. The molecule has 0 bridgehead atoms. The average Bonchev–Trinajstić information content (AvgIpc) is 2.76. The zero-order valence-corrected chi connectivity index (χ0v) is 14.9. The van der Waals surface area contributed by atoms with Crippen LogP contribution >= 0.6 is 0 Å². The van der Waals surface area contributed by atoms with Crippen molar-refractivity contribution in [2.24, 2.45) is 0 Å². The van der Waals surface area contributed by atoms with E-state index < -0.39 is 0 Å². The quantitative estimate of drug-likeness (QED) is 0.380. The molecule has 0 atom stereocenters. The van der Waals surface area contributed by atoms with Crippen LogP contribution in [-0.2, 0) is 0 Å². The maximum absolute atomic E-state index is 3.36. The summed E-state index contributed by atoms with van der Waals surface area (Å²) in [6.45, 7) is 0. The van der Waals surface area contributed by atoms with Crippen molar-refractivity contribution in [1.82, 2.24) is 0 Å². The van der Waals surface area contributed by atoms with Crippen LogP contribution in [-0.4, -0.2) is 0 Å². The third-order valence-corrected chi connectivity index (χ3v) is 4.29. The van der Waals surface area contributed by atoms with Crippen LogP contribution in [0.2, 0.25) is 0 Å². The Labute approximate surface area is 160 Å². The molecule has 4 aromatic rings. The molecule has 0 N–H and O–H groups in total. The fourth-order valence-electron chi connectivity index (χ4n) is 3.02. The lowest BCUT2D eigenvalue weighted by Crippen LogP contribution is -2.11. The molecular weight excluding hydrogens is 326 g/mol. The summed E-state index contributed by atoms with van der Waals surface area (Å²) in [6.07, 6.45) is 0. The van der Waals surface area contributed by atoms with Gasteiger partial charge < -0.3 is 4.90 Å². The maximum Gasteiger partial charge on any atom is 0.0618 e. The first-order valence-electron chi connectivity index (χ1n) is 8.98. The lowest BCUT2D eigenvalue weighted by molar-refractivity contribution is 1.27. The van der Waals surface area contributed by atoms with Crippen molar-refractivity contribution in [2.45, 2.75) is 0 Å². The van der Waals surface area contributed by atoms with E-state index >= 15 is 0 Å². The first-order chi connectivity index (χ1) is 13.4. The van der Waals surface area contributed by atoms with Crippen molar-refractivity contribution in [1.29, 1.82) is 0 Å². The van der Waals surface area contributed by atoms with Crippen LogP contribution in [0.1, 0.15) is 11.1 Å². The van der Waals surface area contributed by atoms with Crippen molar-refractivity contribution in [3.8, 4) is 11.8 Å². The fourth-order valence-corrected chi connectivity index (χ4v) is 3.02. The molecule has 128 valence electrons. The molecule has 0 aliphatic heterocycles. The molecule has 0 aliphatic carbocycles. The Morgan fingerprint density at radius 2 is 0.926 bits per heavy atom. The Hall–Kier alpha value is -3.76. The van der Waals surface area contributed by atoms with E-state index in [0.29, 0.717) is 0 Å². The first kappa shape index (κ1) is 16.7. The van der Waals surface area contributed by atoms with Gasteiger partial charge in [-0.25, -0.2) is 0 Å². The molecule has 0 heterocycles. The molecule has 0 aromatic heterocycles. The highest BCUT2D eigenvalue weighted by molar-refractivity contribution is 5.80. The number of anilines is 3. The summed E-state index contributed by atoms with van der Waals surface area (Å²) < 4.78 is 0. The molecule has 0 saturated carbocycles. The second-order valence-corrected chi connectivity index (χ2v) is 6.14. The zero-order chi connectivity index (χ0) is 18.3. The van der Waals surface area contributed by atoms with Crippen molar-refractivity contribution < 1.29 is 0 Å². The summed E-state index contributed by atoms with van der Waals surface area (Å²) in [5.74, 6) is 6.64. The van der Waals surface area contributed by atoms with Gasteiger partial charge in [-0.2, -0.15) is 0 Å². The van der Waals surface area contributed by atoms with Gasteiger partial charge in [0.2, 0.25) is 0 Å². The van der Waals surface area contributed by atoms with Crippen LogP contribution in [0.3, 0.4) is 0 Å². The summed E-state index contributed by atoms with van der Waals surface area (Å²) in [5, 5.41) is 0. The number of hydrogen-bond donors (Lipinski definition) is 0. The topological polar surface area (TPSA) is 3.24 Å². The highest BCUT2D eigenvalue weighted by atomic mass is 15.1. The van der Waals surface area contributed by atoms with Crippen molar-refractivity contribution in [2.75, 3.05) is 4.90 Å². The van der Waals surface area contributed by atoms with Gasteiger partial charge in [-0.1, -0.05) is 78.6 Å². The highest BCUT2D eigenvalue weighted by Gasteiger charge is 2.14. The molecule has 27 heavy (non-hydrogen) atoms. The van der Waals surface area contributed by atoms with E-state index in [1.54, 1.807) is 0 Å². The molecule has 0 saturated heterocycles. The molecule has 0 spiro atoms. The monoisotopic (exact) mass is 345 g/mol. The van der Waals surface area contributed by atoms with E-state index in [1.165, 1.54) is 0 Å². The molecule has 0 unspecified atom stereocenters. The second kappa shape index (κ2) is 8.08. The largest absolute Gasteiger partial charge is 0.309 e. The first-order valence-corrected chi connectivity index (χ1v) is 8.98. The second-order valence-electron chi connectivity index (χ2n) is 6.14. The van der Waals surface area contributed by atoms with E-state index in [-0.39, 0.29) is 0 Å². The molecule has 0 amide bonds. The number of hydrogen-bond acceptors (Lipinski definition) is 1. The SMILES string of the molecule is C(#Cc1ccccc1N(c1ccccc1)c1ccccc1)c1ccccc1. The summed E-state index contributed by atoms with van der Waals surface area (Å²) >= 11 is 0. The van der Waals surface area contributed by atoms with Crippen molar-refractivity contribution >= 4 is 17.1 Å². The van der Waals surface area contributed by atoms with Crippen LogP contribution < -0.4 is 4.90 Å². The van der Waals surface area contributed by atoms with Gasteiger partial charge in [0.05, 0.1) is 5.69 Å². The van der Waals surface area contributed by atoms with Gasteiger partial charge >= 0.3 is 0 Å². The van der Waals surface area contributed by atoms with Gasteiger partial charge in [0.1, 0.15) is 0 Å². The van der Waals surface area contributed by atoms with E-state index in [9.17, 15) is 0 Å². The predicted octanol–water partition coefficient (Wildman–Crippen LogP) is 6.56. The van der Waals surface area contributed by atoms with Gasteiger partial charge in [0, 0.05) is 22.5 Å². The number of nitrogens with zero attached hydrogens (tertiary/aromatic N) is 1. The van der Waals surface area contributed by atoms with E-state index in [1.807, 2.05) is 48.5 Å². The molecular formula is C26H19N. The molecule has 0 fully saturated rings. The van der Waals surface area contributed by atoms with E-state index in [2.05, 4.69) is 83.5 Å². The molecule has 1 nitrogen and oxygen atoms in total. The van der Waals surface area contributed by atoms with Crippen molar-refractivity contribution in [3.63, 3.8) is 0 Å². The fraction of sp³-hybridized carbons (Fsp3) is 0. The minimum Gasteiger partial charge on any atom is -0.309 e. The lowest BCUT2D eigenvalue weighted by Gasteiger charge is -2.26. The average molecular weight is 345 g/mol. The predicted molar refractivity (Wildman–Crippen MR) is 114 cm³/mol. The summed E-state index contributed by atoms with van der Waals surface area (Å²) in [4.78, 5) is 2.25. The van der Waals surface area contributed by atoms with Gasteiger partial charge in [-0.3, -0.25) is 0 Å². The molecule has 0 radical (unpaired) electrons. The Morgan fingerprint density at radius 3 is 1.52 bits per heavy atom. The maximum atomic E-state index is 3.36. The summed E-state index contributed by atoms with van der Waals surface area (Å²) in [7, 11) is 0. The van der Waals surface area contributed by atoms with Crippen LogP contribution in [0.5, 0.6) is 0 Å². The molecule has 1 heteroatoms. The third-order valence-electron chi connectivity index (χ3n) is 4.29. The lowest BCUT2D eigenvalue weighted by atomic mass is 10.1. The number of rotatable bonds is 3. The van der Waals surface area contributed by atoms with Crippen molar-refractivity contribution in [3.05, 3.63) is 126 Å². The standard InChI is InChI=1S/C26H19N/c1-4-12-22(13-5-1)20-21-23-14-10-11-19-26(23)27(24-15-6-2-7-16-24)25-17-8-3-9-18-25/h1-19H. The van der Waals surface area contributed by atoms with E-state index in [4.69, 9.17) is 0 Å². The number of benzene rings is 4. The summed E-state index contributed by atoms with van der Waals surface area (Å²) in [6, 6.07) is 39.2. The Balaban J connectivity index is 1.83. The molecule has 0 aliphatic rings. The van der Waals surface area contributed by atoms with Crippen LogP contribution in [0.15, 0.2) is 115 Å². The van der Waals surface area contributed by atoms with Gasteiger partial charge in [-0.05, 0) is 48.5 Å². The highest BCUT2D eigenvalue weighted by Crippen LogP contribution is 2.35. The van der Waals surface area contributed by atoms with Crippen LogP contribution in [0.25, 0.3) is 0 Å². The Morgan fingerprint density at radius 1 is 0.444 bits per heavy atom. The smallest absolute Gasteiger partial charge is 0.0618 e. The van der Waals surface area contributed by atoms with Crippen LogP contribution in [0.4, 0.5) is 17.1 Å². The Bertz CT molecular complexity index is 1020. The van der Waals surface area contributed by atoms with Gasteiger partial charge in [0.15, 0.2) is 0 Å². The summed E-state index contributed by atoms with van der Waals surface area (Å²) in [5.41, 5.74) is 5.29. The molecule has 4 rings (SSSR count). The molecule has 4 aromatic carbocycles. The van der Waals surface area contributed by atoms with Gasteiger partial charge in [0.25, 0.3) is 0 Å². The van der Waals surface area contributed by atoms with Gasteiger partial charge in [-0.15, -0.1) is 0 Å². The normalized spacial score (nSPS) is 9.93. The Kier molecular flexibility index (Phi) is 5.00. The van der Waals surface area contributed by atoms with E-state index in [0.717, 1.165) is 28.2 Å². The third kappa shape index (κ3) is 3.92. The number of para-hydroxylation sites is 3.